The van der Waals surface area contributed by atoms with Crippen LogP contribution in [0.25, 0.3) is 0 Å². The monoisotopic (exact) mass is 226 g/mol. The van der Waals surface area contributed by atoms with Crippen molar-refractivity contribution in [2.24, 2.45) is 11.1 Å². The first-order chi connectivity index (χ1) is 7.23. The Kier molecular flexibility index (Phi) is 3.28. The van der Waals surface area contributed by atoms with Gasteiger partial charge in [-0.2, -0.15) is 0 Å². The van der Waals surface area contributed by atoms with E-state index >= 15 is 0 Å². The molecule has 1 atom stereocenters. The number of hydrogen-bond donors (Lipinski definition) is 1. The molecule has 0 aliphatic rings. The van der Waals surface area contributed by atoms with Gasteiger partial charge in [0, 0.05) is 23.7 Å². The van der Waals surface area contributed by atoms with Crippen LogP contribution in [0.15, 0.2) is 18.2 Å². The summed E-state index contributed by atoms with van der Waals surface area (Å²) in [4.78, 5) is 10.0. The number of benzene rings is 1. The Balaban J connectivity index is 3.22. The van der Waals surface area contributed by atoms with Crippen molar-refractivity contribution in [2.45, 2.75) is 26.8 Å². The molecule has 0 spiro atoms. The fraction of sp³-hybridized carbons (Fsp3) is 0.455. The highest BCUT2D eigenvalue weighted by Gasteiger charge is 2.26. The second-order valence-corrected chi connectivity index (χ2v) is 4.81. The highest BCUT2D eigenvalue weighted by Crippen LogP contribution is 2.33. The predicted octanol–water partition coefficient (Wildman–Crippen LogP) is 2.78. The maximum atomic E-state index is 13.5. The minimum absolute atomic E-state index is 0.142. The zero-order chi connectivity index (χ0) is 12.5. The van der Waals surface area contributed by atoms with E-state index in [4.69, 9.17) is 5.73 Å². The van der Waals surface area contributed by atoms with Gasteiger partial charge in [0.1, 0.15) is 5.82 Å². The van der Waals surface area contributed by atoms with Gasteiger partial charge in [-0.3, -0.25) is 10.1 Å². The molecule has 0 unspecified atom stereocenters. The van der Waals surface area contributed by atoms with Gasteiger partial charge in [-0.25, -0.2) is 4.39 Å². The number of non-ortho nitro benzene ring substituents is 1. The Morgan fingerprint density at radius 3 is 2.44 bits per heavy atom. The van der Waals surface area contributed by atoms with Gasteiger partial charge >= 0.3 is 0 Å². The number of nitro groups is 1. The van der Waals surface area contributed by atoms with E-state index in [9.17, 15) is 14.5 Å². The van der Waals surface area contributed by atoms with Crippen LogP contribution in [0.1, 0.15) is 32.4 Å². The second kappa shape index (κ2) is 4.17. The average molecular weight is 226 g/mol. The van der Waals surface area contributed by atoms with Crippen molar-refractivity contribution >= 4 is 5.69 Å². The molecule has 16 heavy (non-hydrogen) atoms. The Morgan fingerprint density at radius 1 is 1.44 bits per heavy atom. The number of nitrogens with two attached hydrogens (primary N) is 1. The lowest BCUT2D eigenvalue weighted by Gasteiger charge is -2.27. The third-order valence-electron chi connectivity index (χ3n) is 2.46. The van der Waals surface area contributed by atoms with Gasteiger partial charge in [-0.1, -0.05) is 20.8 Å². The summed E-state index contributed by atoms with van der Waals surface area (Å²) >= 11 is 0. The number of halogens is 1. The van der Waals surface area contributed by atoms with Gasteiger partial charge in [0.25, 0.3) is 5.69 Å². The molecular formula is C11H15FN2O2. The summed E-state index contributed by atoms with van der Waals surface area (Å²) in [6, 6.07) is 2.84. The Morgan fingerprint density at radius 2 is 2.00 bits per heavy atom. The van der Waals surface area contributed by atoms with E-state index in [1.807, 2.05) is 20.8 Å². The van der Waals surface area contributed by atoms with Crippen molar-refractivity contribution < 1.29 is 9.31 Å². The molecule has 0 saturated carbocycles. The number of nitro benzene ring substituents is 1. The molecule has 0 bridgehead atoms. The van der Waals surface area contributed by atoms with Crippen LogP contribution in [0.5, 0.6) is 0 Å². The zero-order valence-electron chi connectivity index (χ0n) is 9.53. The summed E-state index contributed by atoms with van der Waals surface area (Å²) in [6.45, 7) is 5.57. The lowest BCUT2D eigenvalue weighted by atomic mass is 9.83. The van der Waals surface area contributed by atoms with Crippen LogP contribution < -0.4 is 5.73 Å². The Bertz CT molecular complexity index is 413. The second-order valence-electron chi connectivity index (χ2n) is 4.81. The third-order valence-corrected chi connectivity index (χ3v) is 2.46. The summed E-state index contributed by atoms with van der Waals surface area (Å²) in [5.74, 6) is -0.506. The average Bonchev–Trinajstić information content (AvgIpc) is 2.15. The summed E-state index contributed by atoms with van der Waals surface area (Å²) in [5, 5.41) is 10.6. The topological polar surface area (TPSA) is 69.2 Å². The molecule has 5 heteroatoms. The molecule has 1 aromatic rings. The number of hydrogen-bond acceptors (Lipinski definition) is 3. The first kappa shape index (κ1) is 12.6. The largest absolute Gasteiger partial charge is 0.323 e. The third kappa shape index (κ3) is 2.55. The van der Waals surface area contributed by atoms with Gasteiger partial charge in [-0.15, -0.1) is 0 Å². The van der Waals surface area contributed by atoms with Crippen molar-refractivity contribution in [3.8, 4) is 0 Å². The highest BCUT2D eigenvalue weighted by molar-refractivity contribution is 5.37. The summed E-state index contributed by atoms with van der Waals surface area (Å²) in [6.07, 6.45) is 0. The lowest BCUT2D eigenvalue weighted by Crippen LogP contribution is -2.27. The molecule has 0 saturated heterocycles. The van der Waals surface area contributed by atoms with Crippen LogP contribution >= 0.6 is 0 Å². The van der Waals surface area contributed by atoms with E-state index in [0.29, 0.717) is 0 Å². The molecule has 2 N–H and O–H groups in total. The van der Waals surface area contributed by atoms with Gasteiger partial charge in [-0.05, 0) is 11.5 Å². The van der Waals surface area contributed by atoms with Crippen LogP contribution in [-0.2, 0) is 0 Å². The predicted molar refractivity (Wildman–Crippen MR) is 59.4 cm³/mol. The van der Waals surface area contributed by atoms with Gasteiger partial charge in [0.15, 0.2) is 0 Å². The molecular weight excluding hydrogens is 211 g/mol. The van der Waals surface area contributed by atoms with Crippen molar-refractivity contribution in [1.29, 1.82) is 0 Å². The standard InChI is InChI=1S/C11H15FN2O2/c1-11(2,3)10(13)8-6-7(14(15)16)4-5-9(8)12/h4-6,10H,13H2,1-3H3/t10-/m0/s1. The summed E-state index contributed by atoms with van der Waals surface area (Å²) in [7, 11) is 0. The molecule has 0 radical (unpaired) electrons. The summed E-state index contributed by atoms with van der Waals surface area (Å²) in [5.41, 5.74) is 5.57. The smallest absolute Gasteiger partial charge is 0.269 e. The van der Waals surface area contributed by atoms with E-state index in [1.165, 1.54) is 6.07 Å². The Hall–Kier alpha value is -1.49. The normalized spacial score (nSPS) is 13.6. The first-order valence-corrected chi connectivity index (χ1v) is 4.93. The van der Waals surface area contributed by atoms with Crippen LogP contribution in [0.3, 0.4) is 0 Å². The molecule has 0 aliphatic carbocycles. The van der Waals surface area contributed by atoms with Crippen molar-refractivity contribution in [1.82, 2.24) is 0 Å². The van der Waals surface area contributed by atoms with Crippen LogP contribution in [0, 0.1) is 21.3 Å². The molecule has 0 heterocycles. The molecule has 0 aromatic heterocycles. The maximum absolute atomic E-state index is 13.5. The minimum Gasteiger partial charge on any atom is -0.323 e. The summed E-state index contributed by atoms with van der Waals surface area (Å²) < 4.78 is 13.5. The molecule has 0 amide bonds. The molecule has 1 rings (SSSR count). The maximum Gasteiger partial charge on any atom is 0.269 e. The van der Waals surface area contributed by atoms with Gasteiger partial charge in [0.05, 0.1) is 4.92 Å². The molecule has 0 aliphatic heterocycles. The minimum atomic E-state index is -0.576. The molecule has 0 fully saturated rings. The quantitative estimate of drug-likeness (QED) is 0.622. The van der Waals surface area contributed by atoms with Gasteiger partial charge < -0.3 is 5.73 Å². The van der Waals surface area contributed by atoms with Crippen molar-refractivity contribution in [2.75, 3.05) is 0 Å². The van der Waals surface area contributed by atoms with Crippen molar-refractivity contribution in [3.05, 3.63) is 39.7 Å². The van der Waals surface area contributed by atoms with Crippen LogP contribution in [0.2, 0.25) is 0 Å². The zero-order valence-corrected chi connectivity index (χ0v) is 9.53. The fourth-order valence-electron chi connectivity index (χ4n) is 1.35. The number of nitrogens with zero attached hydrogens (tertiary/aromatic N) is 1. The lowest BCUT2D eigenvalue weighted by molar-refractivity contribution is -0.385. The Labute approximate surface area is 93.4 Å². The van der Waals surface area contributed by atoms with Crippen LogP contribution in [-0.4, -0.2) is 4.92 Å². The van der Waals surface area contributed by atoms with E-state index in [-0.39, 0.29) is 16.7 Å². The molecule has 1 aromatic carbocycles. The van der Waals surface area contributed by atoms with Crippen LogP contribution in [0.4, 0.5) is 10.1 Å². The van der Waals surface area contributed by atoms with E-state index < -0.39 is 16.8 Å². The fourth-order valence-corrected chi connectivity index (χ4v) is 1.35. The molecule has 88 valence electrons. The SMILES string of the molecule is CC(C)(C)[C@@H](N)c1cc([N+](=O)[O-])ccc1F. The van der Waals surface area contributed by atoms with Gasteiger partial charge in [0.2, 0.25) is 0 Å². The first-order valence-electron chi connectivity index (χ1n) is 4.93. The molecule has 4 nitrogen and oxygen atoms in total. The van der Waals surface area contributed by atoms with E-state index in [1.54, 1.807) is 0 Å². The van der Waals surface area contributed by atoms with Crippen molar-refractivity contribution in [3.63, 3.8) is 0 Å². The van der Waals surface area contributed by atoms with E-state index in [2.05, 4.69) is 0 Å². The van der Waals surface area contributed by atoms with E-state index in [0.717, 1.165) is 12.1 Å². The highest BCUT2D eigenvalue weighted by atomic mass is 19.1. The number of rotatable bonds is 2.